The van der Waals surface area contributed by atoms with Gasteiger partial charge in [0, 0.05) is 0 Å². The Morgan fingerprint density at radius 3 is 3.20 bits per heavy atom. The molecule has 1 aromatic rings. The Balaban J connectivity index is 2.15. The van der Waals surface area contributed by atoms with E-state index in [2.05, 4.69) is 23.2 Å². The molecule has 0 bridgehead atoms. The van der Waals surface area contributed by atoms with Gasteiger partial charge in [-0.2, -0.15) is 0 Å². The van der Waals surface area contributed by atoms with Crippen molar-refractivity contribution in [3.63, 3.8) is 0 Å². The molecule has 1 rings (SSSR count). The van der Waals surface area contributed by atoms with Crippen LogP contribution in [-0.2, 0) is 0 Å². The Morgan fingerprint density at radius 1 is 1.70 bits per heavy atom. The average Bonchev–Trinajstić information content (AvgIpc) is 2.41. The van der Waals surface area contributed by atoms with Crippen molar-refractivity contribution in [3.8, 4) is 0 Å². The third-order valence-electron chi connectivity index (χ3n) is 1.35. The van der Waals surface area contributed by atoms with E-state index < -0.39 is 0 Å². The molecule has 1 N–H and O–H groups in total. The first-order valence-corrected chi connectivity index (χ1v) is 7.11. The molecule has 2 nitrogen and oxygen atoms in total. The summed E-state index contributed by atoms with van der Waals surface area (Å²) in [6.45, 7) is 2.24. The van der Waals surface area contributed by atoms with E-state index in [9.17, 15) is 0 Å². The number of nitrogens with zero attached hydrogens (tertiary/aromatic N) is 1. The molecule has 1 heterocycles. The molecule has 2 radical (unpaired) electrons. The first-order chi connectivity index (χ1) is 4.93. The third kappa shape index (κ3) is 2.73. The molecule has 0 unspecified atom stereocenters. The van der Waals surface area contributed by atoms with Gasteiger partial charge in [0.05, 0.1) is 0 Å². The second-order valence-corrected chi connectivity index (χ2v) is 6.22. The number of unbranched alkanes of at least 4 members (excludes halogenated alkanes) is 1. The molecule has 0 atom stereocenters. The van der Waals surface area contributed by atoms with Crippen molar-refractivity contribution >= 4 is 24.9 Å². The van der Waals surface area contributed by atoms with Crippen molar-refractivity contribution in [2.75, 3.05) is 0 Å². The van der Waals surface area contributed by atoms with Crippen LogP contribution in [0.3, 0.4) is 0 Å². The SMILES string of the molecule is CCC[CH2][Sn][c]1ccn[nH]1. The van der Waals surface area contributed by atoms with E-state index in [4.69, 9.17) is 0 Å². The molecule has 0 saturated carbocycles. The average molecular weight is 243 g/mol. The standard InChI is InChI=1S/C4H9.C3H3N2.Sn/c1-3-4-2;1-2-4-5-3-1;/h1,3-4H2,2H3;1-2H,(H,4,5);. The van der Waals surface area contributed by atoms with E-state index in [0.717, 1.165) is 0 Å². The van der Waals surface area contributed by atoms with Crippen LogP contribution in [0.1, 0.15) is 19.8 Å². The Hall–Kier alpha value is 0.00870. The Kier molecular flexibility index (Phi) is 3.87. The summed E-state index contributed by atoms with van der Waals surface area (Å²) in [5.41, 5.74) is 0. The fourth-order valence-electron chi connectivity index (χ4n) is 0.754. The van der Waals surface area contributed by atoms with Crippen LogP contribution in [0.5, 0.6) is 0 Å². The van der Waals surface area contributed by atoms with E-state index in [0.29, 0.717) is 0 Å². The number of hydrogen-bond donors (Lipinski definition) is 1. The zero-order chi connectivity index (χ0) is 7.23. The van der Waals surface area contributed by atoms with Gasteiger partial charge in [-0.1, -0.05) is 0 Å². The molecular formula is C7H12N2Sn. The van der Waals surface area contributed by atoms with Crippen molar-refractivity contribution < 1.29 is 0 Å². The van der Waals surface area contributed by atoms with Crippen LogP contribution in [0.15, 0.2) is 12.3 Å². The Labute approximate surface area is 71.6 Å². The number of aromatic amines is 1. The van der Waals surface area contributed by atoms with Crippen LogP contribution in [0.25, 0.3) is 0 Å². The number of H-pyrrole nitrogens is 1. The van der Waals surface area contributed by atoms with E-state index in [-0.39, 0.29) is 21.1 Å². The normalized spacial score (nSPS) is 10.1. The van der Waals surface area contributed by atoms with Crippen molar-refractivity contribution in [2.24, 2.45) is 0 Å². The van der Waals surface area contributed by atoms with Crippen LogP contribution in [0.2, 0.25) is 4.44 Å². The van der Waals surface area contributed by atoms with E-state index >= 15 is 0 Å². The second kappa shape index (κ2) is 4.77. The van der Waals surface area contributed by atoms with Gasteiger partial charge in [-0.05, 0) is 0 Å². The molecular weight excluding hydrogens is 231 g/mol. The number of hydrogen-bond acceptors (Lipinski definition) is 1. The van der Waals surface area contributed by atoms with Crippen molar-refractivity contribution in [2.45, 2.75) is 24.2 Å². The van der Waals surface area contributed by atoms with Crippen LogP contribution < -0.4 is 3.71 Å². The predicted octanol–water partition coefficient (Wildman–Crippen LogP) is 0.958. The summed E-state index contributed by atoms with van der Waals surface area (Å²) in [5.74, 6) is 0. The quantitative estimate of drug-likeness (QED) is 0.619. The Bertz CT molecular complexity index is 160. The van der Waals surface area contributed by atoms with Gasteiger partial charge in [0.1, 0.15) is 0 Å². The van der Waals surface area contributed by atoms with Gasteiger partial charge in [0.15, 0.2) is 0 Å². The molecule has 0 amide bonds. The van der Waals surface area contributed by atoms with Crippen LogP contribution >= 0.6 is 0 Å². The Morgan fingerprint density at radius 2 is 2.60 bits per heavy atom. The van der Waals surface area contributed by atoms with Gasteiger partial charge >= 0.3 is 71.5 Å². The molecule has 1 aromatic heterocycles. The van der Waals surface area contributed by atoms with Crippen LogP contribution in [0, 0.1) is 0 Å². The minimum absolute atomic E-state index is 0.255. The van der Waals surface area contributed by atoms with Gasteiger partial charge in [-0.25, -0.2) is 0 Å². The summed E-state index contributed by atoms with van der Waals surface area (Å²) in [4.78, 5) is 0. The third-order valence-corrected chi connectivity index (χ3v) is 4.95. The summed E-state index contributed by atoms with van der Waals surface area (Å²) in [5, 5.41) is 6.94. The maximum atomic E-state index is 3.92. The number of aromatic nitrogens is 2. The van der Waals surface area contributed by atoms with E-state index in [1.807, 2.05) is 6.20 Å². The molecule has 0 aromatic carbocycles. The summed E-state index contributed by atoms with van der Waals surface area (Å²) in [7, 11) is 0. The van der Waals surface area contributed by atoms with Crippen molar-refractivity contribution in [3.05, 3.63) is 12.3 Å². The first kappa shape index (κ1) is 8.11. The van der Waals surface area contributed by atoms with Crippen molar-refractivity contribution in [1.29, 1.82) is 0 Å². The van der Waals surface area contributed by atoms with Crippen LogP contribution in [-0.4, -0.2) is 31.3 Å². The molecule has 54 valence electrons. The molecule has 0 aliphatic heterocycles. The summed E-state index contributed by atoms with van der Waals surface area (Å²) >= 11 is -0.255. The molecule has 0 aliphatic carbocycles. The predicted molar refractivity (Wildman–Crippen MR) is 43.7 cm³/mol. The van der Waals surface area contributed by atoms with E-state index in [1.54, 1.807) is 0 Å². The zero-order valence-corrected chi connectivity index (χ0v) is 9.08. The van der Waals surface area contributed by atoms with Gasteiger partial charge in [-0.3, -0.25) is 0 Å². The summed E-state index contributed by atoms with van der Waals surface area (Å²) in [6, 6.07) is 2.11. The molecule has 0 saturated heterocycles. The molecule has 3 heteroatoms. The first-order valence-electron chi connectivity index (χ1n) is 3.66. The number of rotatable bonds is 4. The number of nitrogens with one attached hydrogen (secondary N) is 1. The fraction of sp³-hybridized carbons (Fsp3) is 0.571. The van der Waals surface area contributed by atoms with E-state index in [1.165, 1.54) is 21.0 Å². The maximum absolute atomic E-state index is 3.92. The van der Waals surface area contributed by atoms with Crippen molar-refractivity contribution in [1.82, 2.24) is 10.2 Å². The molecule has 0 fully saturated rings. The summed E-state index contributed by atoms with van der Waals surface area (Å²) in [6.07, 6.45) is 4.57. The minimum atomic E-state index is -0.255. The van der Waals surface area contributed by atoms with Gasteiger partial charge in [0.2, 0.25) is 0 Å². The molecule has 0 spiro atoms. The molecule has 0 aliphatic rings. The monoisotopic (exact) mass is 244 g/mol. The van der Waals surface area contributed by atoms with Gasteiger partial charge < -0.3 is 0 Å². The van der Waals surface area contributed by atoms with Crippen LogP contribution in [0.4, 0.5) is 0 Å². The van der Waals surface area contributed by atoms with Gasteiger partial charge in [0.25, 0.3) is 0 Å². The second-order valence-electron chi connectivity index (χ2n) is 2.25. The van der Waals surface area contributed by atoms with Gasteiger partial charge in [-0.15, -0.1) is 0 Å². The zero-order valence-electron chi connectivity index (χ0n) is 6.22. The fourth-order valence-corrected chi connectivity index (χ4v) is 4.00. The topological polar surface area (TPSA) is 28.7 Å². The summed E-state index contributed by atoms with van der Waals surface area (Å²) < 4.78 is 2.87. The molecule has 10 heavy (non-hydrogen) atoms.